The molecule has 1 aromatic heterocycles. The van der Waals surface area contributed by atoms with Crippen molar-refractivity contribution < 1.29 is 0 Å². The van der Waals surface area contributed by atoms with Crippen LogP contribution in [0, 0.1) is 13.8 Å². The van der Waals surface area contributed by atoms with Crippen molar-refractivity contribution in [2.75, 3.05) is 7.05 Å². The first kappa shape index (κ1) is 11.7. The van der Waals surface area contributed by atoms with Gasteiger partial charge in [0.05, 0.1) is 6.04 Å². The standard InChI is InChI=1S/C14H17N3/c1-10-5-4-6-12(7-10)13(15-3)14-16-8-11(2)9-17-14/h4-9,13,15H,1-3H3. The van der Waals surface area contributed by atoms with E-state index in [2.05, 4.69) is 46.5 Å². The zero-order valence-electron chi connectivity index (χ0n) is 10.4. The molecule has 0 saturated heterocycles. The van der Waals surface area contributed by atoms with Crippen LogP contribution in [0.15, 0.2) is 36.7 Å². The Morgan fingerprint density at radius 2 is 1.76 bits per heavy atom. The molecule has 0 radical (unpaired) electrons. The van der Waals surface area contributed by atoms with Gasteiger partial charge in [0, 0.05) is 12.4 Å². The molecule has 2 rings (SSSR count). The number of nitrogens with one attached hydrogen (secondary N) is 1. The van der Waals surface area contributed by atoms with E-state index in [1.54, 1.807) is 0 Å². The van der Waals surface area contributed by atoms with Crippen molar-refractivity contribution in [1.82, 2.24) is 15.3 Å². The van der Waals surface area contributed by atoms with Crippen molar-refractivity contribution >= 4 is 0 Å². The van der Waals surface area contributed by atoms with Crippen LogP contribution < -0.4 is 5.32 Å². The van der Waals surface area contributed by atoms with Gasteiger partial charge in [0.2, 0.25) is 0 Å². The van der Waals surface area contributed by atoms with Gasteiger partial charge in [0.15, 0.2) is 0 Å². The van der Waals surface area contributed by atoms with Crippen molar-refractivity contribution in [2.24, 2.45) is 0 Å². The molecule has 1 N–H and O–H groups in total. The smallest absolute Gasteiger partial charge is 0.149 e. The van der Waals surface area contributed by atoms with Crippen molar-refractivity contribution in [1.29, 1.82) is 0 Å². The number of rotatable bonds is 3. The third-order valence-electron chi connectivity index (χ3n) is 2.72. The molecule has 1 atom stereocenters. The monoisotopic (exact) mass is 227 g/mol. The Labute approximate surface area is 102 Å². The van der Waals surface area contributed by atoms with Gasteiger partial charge in [-0.3, -0.25) is 0 Å². The fraction of sp³-hybridized carbons (Fsp3) is 0.286. The topological polar surface area (TPSA) is 37.8 Å². The molecule has 3 nitrogen and oxygen atoms in total. The van der Waals surface area contributed by atoms with E-state index in [0.29, 0.717) is 0 Å². The van der Waals surface area contributed by atoms with Gasteiger partial charge >= 0.3 is 0 Å². The predicted octanol–water partition coefficient (Wildman–Crippen LogP) is 2.40. The highest BCUT2D eigenvalue weighted by Gasteiger charge is 2.14. The lowest BCUT2D eigenvalue weighted by Crippen LogP contribution is -2.20. The highest BCUT2D eigenvalue weighted by Crippen LogP contribution is 2.19. The highest BCUT2D eigenvalue weighted by atomic mass is 15.0. The van der Waals surface area contributed by atoms with Crippen LogP contribution in [0.4, 0.5) is 0 Å². The van der Waals surface area contributed by atoms with E-state index in [1.165, 1.54) is 11.1 Å². The average molecular weight is 227 g/mol. The van der Waals surface area contributed by atoms with E-state index in [0.717, 1.165) is 11.4 Å². The third-order valence-corrected chi connectivity index (χ3v) is 2.72. The number of hydrogen-bond acceptors (Lipinski definition) is 3. The Bertz CT molecular complexity index is 491. The predicted molar refractivity (Wildman–Crippen MR) is 68.9 cm³/mol. The van der Waals surface area contributed by atoms with E-state index in [9.17, 15) is 0 Å². The van der Waals surface area contributed by atoms with E-state index in [-0.39, 0.29) is 6.04 Å². The molecule has 88 valence electrons. The molecule has 0 fully saturated rings. The summed E-state index contributed by atoms with van der Waals surface area (Å²) >= 11 is 0. The molecule has 1 heterocycles. The molecule has 0 amide bonds. The Morgan fingerprint density at radius 1 is 1.06 bits per heavy atom. The summed E-state index contributed by atoms with van der Waals surface area (Å²) in [5.74, 6) is 0.809. The largest absolute Gasteiger partial charge is 0.307 e. The van der Waals surface area contributed by atoms with Gasteiger partial charge in [-0.25, -0.2) is 9.97 Å². The molecule has 0 aliphatic heterocycles. The Morgan fingerprint density at radius 3 is 2.35 bits per heavy atom. The molecule has 0 spiro atoms. The van der Waals surface area contributed by atoms with Crippen LogP contribution in [0.5, 0.6) is 0 Å². The normalized spacial score (nSPS) is 12.4. The van der Waals surface area contributed by atoms with Crippen LogP contribution in [0.2, 0.25) is 0 Å². The van der Waals surface area contributed by atoms with Crippen LogP contribution in [-0.2, 0) is 0 Å². The lowest BCUT2D eigenvalue weighted by molar-refractivity contribution is 0.645. The van der Waals surface area contributed by atoms with Crippen molar-refractivity contribution in [3.63, 3.8) is 0 Å². The Hall–Kier alpha value is -1.74. The maximum atomic E-state index is 4.38. The summed E-state index contributed by atoms with van der Waals surface area (Å²) in [5.41, 5.74) is 3.51. The van der Waals surface area contributed by atoms with Crippen LogP contribution >= 0.6 is 0 Å². The second-order valence-corrected chi connectivity index (χ2v) is 4.25. The van der Waals surface area contributed by atoms with Crippen molar-refractivity contribution in [3.8, 4) is 0 Å². The lowest BCUT2D eigenvalue weighted by atomic mass is 10.0. The molecular formula is C14H17N3. The van der Waals surface area contributed by atoms with Crippen LogP contribution in [-0.4, -0.2) is 17.0 Å². The molecule has 3 heteroatoms. The average Bonchev–Trinajstić information content (AvgIpc) is 2.33. The van der Waals surface area contributed by atoms with Crippen LogP contribution in [0.1, 0.15) is 28.6 Å². The van der Waals surface area contributed by atoms with Gasteiger partial charge < -0.3 is 5.32 Å². The van der Waals surface area contributed by atoms with E-state index in [4.69, 9.17) is 0 Å². The quantitative estimate of drug-likeness (QED) is 0.875. The molecule has 2 aromatic rings. The molecule has 17 heavy (non-hydrogen) atoms. The van der Waals surface area contributed by atoms with Crippen molar-refractivity contribution in [2.45, 2.75) is 19.9 Å². The first-order chi connectivity index (χ1) is 8.20. The summed E-state index contributed by atoms with van der Waals surface area (Å²) in [6, 6.07) is 8.45. The van der Waals surface area contributed by atoms with Gasteiger partial charge in [-0.15, -0.1) is 0 Å². The molecular weight excluding hydrogens is 210 g/mol. The van der Waals surface area contributed by atoms with Gasteiger partial charge in [0.25, 0.3) is 0 Å². The molecule has 1 unspecified atom stereocenters. The lowest BCUT2D eigenvalue weighted by Gasteiger charge is -2.15. The summed E-state index contributed by atoms with van der Waals surface area (Å²) in [7, 11) is 1.93. The molecule has 0 saturated carbocycles. The Balaban J connectivity index is 2.36. The van der Waals surface area contributed by atoms with Crippen molar-refractivity contribution in [3.05, 3.63) is 59.2 Å². The zero-order chi connectivity index (χ0) is 12.3. The second-order valence-electron chi connectivity index (χ2n) is 4.25. The zero-order valence-corrected chi connectivity index (χ0v) is 10.4. The number of nitrogens with zero attached hydrogens (tertiary/aromatic N) is 2. The highest BCUT2D eigenvalue weighted by molar-refractivity contribution is 5.29. The molecule has 0 aliphatic carbocycles. The number of aromatic nitrogens is 2. The second kappa shape index (κ2) is 5.06. The minimum Gasteiger partial charge on any atom is -0.307 e. The van der Waals surface area contributed by atoms with Crippen LogP contribution in [0.25, 0.3) is 0 Å². The van der Waals surface area contributed by atoms with E-state index < -0.39 is 0 Å². The minimum atomic E-state index is 0.0514. The fourth-order valence-corrected chi connectivity index (χ4v) is 1.85. The molecule has 0 bridgehead atoms. The van der Waals surface area contributed by atoms with Gasteiger partial charge in [-0.1, -0.05) is 29.8 Å². The summed E-state index contributed by atoms with van der Waals surface area (Å²) < 4.78 is 0. The minimum absolute atomic E-state index is 0.0514. The Kier molecular flexibility index (Phi) is 3.49. The summed E-state index contributed by atoms with van der Waals surface area (Å²) in [6.07, 6.45) is 3.70. The summed E-state index contributed by atoms with van der Waals surface area (Å²) in [6.45, 7) is 4.08. The van der Waals surface area contributed by atoms with E-state index in [1.807, 2.05) is 26.4 Å². The van der Waals surface area contributed by atoms with E-state index >= 15 is 0 Å². The van der Waals surface area contributed by atoms with Crippen LogP contribution in [0.3, 0.4) is 0 Å². The maximum absolute atomic E-state index is 4.38. The first-order valence-corrected chi connectivity index (χ1v) is 5.73. The number of hydrogen-bond donors (Lipinski definition) is 1. The fourth-order valence-electron chi connectivity index (χ4n) is 1.85. The van der Waals surface area contributed by atoms with Gasteiger partial charge in [-0.2, -0.15) is 0 Å². The molecule has 0 aliphatic rings. The summed E-state index contributed by atoms with van der Waals surface area (Å²) in [4.78, 5) is 8.76. The number of benzene rings is 1. The van der Waals surface area contributed by atoms with Gasteiger partial charge in [-0.05, 0) is 32.0 Å². The maximum Gasteiger partial charge on any atom is 0.149 e. The molecule has 1 aromatic carbocycles. The third kappa shape index (κ3) is 2.68. The van der Waals surface area contributed by atoms with Gasteiger partial charge in [0.1, 0.15) is 5.82 Å². The summed E-state index contributed by atoms with van der Waals surface area (Å²) in [5, 5.41) is 3.26. The SMILES string of the molecule is CNC(c1cccc(C)c1)c1ncc(C)cn1. The first-order valence-electron chi connectivity index (χ1n) is 5.73. The number of aryl methyl sites for hydroxylation is 2.